The Morgan fingerprint density at radius 1 is 1.71 bits per heavy atom. The van der Waals surface area contributed by atoms with Crippen molar-refractivity contribution in [3.05, 3.63) is 21.2 Å². The van der Waals surface area contributed by atoms with Gasteiger partial charge in [-0.1, -0.05) is 0 Å². The molecule has 2 heterocycles. The SMILES string of the molecule is Nc1nc(=O)n([C@@H]2C[C@H](O)[C@H](CO)O2)cc1Br. The Balaban J connectivity index is 2.30. The van der Waals surface area contributed by atoms with Gasteiger partial charge < -0.3 is 20.7 Å². The number of rotatable bonds is 2. The highest BCUT2D eigenvalue weighted by Gasteiger charge is 2.35. The van der Waals surface area contributed by atoms with Crippen LogP contribution in [0.15, 0.2) is 15.5 Å². The van der Waals surface area contributed by atoms with Crippen LogP contribution in [-0.2, 0) is 4.74 Å². The van der Waals surface area contributed by atoms with Crippen molar-refractivity contribution in [1.82, 2.24) is 9.55 Å². The lowest BCUT2D eigenvalue weighted by Gasteiger charge is -2.14. The predicted molar refractivity (Wildman–Crippen MR) is 62.2 cm³/mol. The van der Waals surface area contributed by atoms with E-state index in [0.29, 0.717) is 4.47 Å². The van der Waals surface area contributed by atoms with E-state index in [1.807, 2.05) is 0 Å². The van der Waals surface area contributed by atoms with Gasteiger partial charge in [-0.2, -0.15) is 4.98 Å². The van der Waals surface area contributed by atoms with E-state index in [2.05, 4.69) is 20.9 Å². The lowest BCUT2D eigenvalue weighted by atomic mass is 10.2. The average molecular weight is 306 g/mol. The van der Waals surface area contributed by atoms with E-state index in [4.69, 9.17) is 15.6 Å². The Morgan fingerprint density at radius 3 is 3.00 bits per heavy atom. The Labute approximate surface area is 105 Å². The second-order valence-corrected chi connectivity index (χ2v) is 4.63. The zero-order valence-electron chi connectivity index (χ0n) is 8.78. The van der Waals surface area contributed by atoms with Gasteiger partial charge in [0, 0.05) is 12.6 Å². The van der Waals surface area contributed by atoms with Crippen LogP contribution in [0.2, 0.25) is 0 Å². The number of aliphatic hydroxyl groups is 2. The molecule has 3 atom stereocenters. The largest absolute Gasteiger partial charge is 0.394 e. The van der Waals surface area contributed by atoms with Crippen LogP contribution >= 0.6 is 15.9 Å². The second kappa shape index (κ2) is 4.73. The molecule has 1 aliphatic rings. The smallest absolute Gasteiger partial charge is 0.351 e. The summed E-state index contributed by atoms with van der Waals surface area (Å²) in [4.78, 5) is 15.2. The molecule has 1 aliphatic heterocycles. The van der Waals surface area contributed by atoms with Crippen molar-refractivity contribution in [3.8, 4) is 0 Å². The maximum absolute atomic E-state index is 11.6. The van der Waals surface area contributed by atoms with E-state index in [9.17, 15) is 9.90 Å². The fourth-order valence-corrected chi connectivity index (χ4v) is 2.02. The molecule has 0 spiro atoms. The number of anilines is 1. The van der Waals surface area contributed by atoms with Crippen LogP contribution in [0.25, 0.3) is 0 Å². The van der Waals surface area contributed by atoms with E-state index in [1.165, 1.54) is 10.8 Å². The van der Waals surface area contributed by atoms with Crippen molar-refractivity contribution in [2.75, 3.05) is 12.3 Å². The van der Waals surface area contributed by atoms with Gasteiger partial charge in [-0.05, 0) is 15.9 Å². The van der Waals surface area contributed by atoms with Gasteiger partial charge in [-0.15, -0.1) is 0 Å². The van der Waals surface area contributed by atoms with Crippen LogP contribution in [0.5, 0.6) is 0 Å². The summed E-state index contributed by atoms with van der Waals surface area (Å²) >= 11 is 3.16. The molecule has 0 aromatic carbocycles. The van der Waals surface area contributed by atoms with Gasteiger partial charge in [0.15, 0.2) is 0 Å². The number of nitrogens with zero attached hydrogens (tertiary/aromatic N) is 2. The third kappa shape index (κ3) is 2.34. The Hall–Kier alpha value is -0.960. The molecule has 1 fully saturated rings. The number of hydrogen-bond acceptors (Lipinski definition) is 6. The zero-order chi connectivity index (χ0) is 12.6. The summed E-state index contributed by atoms with van der Waals surface area (Å²) in [5.41, 5.74) is 4.91. The van der Waals surface area contributed by atoms with Gasteiger partial charge >= 0.3 is 5.69 Å². The summed E-state index contributed by atoms with van der Waals surface area (Å²) in [6.45, 7) is -0.296. The molecule has 0 aliphatic carbocycles. The first kappa shape index (κ1) is 12.5. The van der Waals surface area contributed by atoms with Gasteiger partial charge in [-0.3, -0.25) is 4.57 Å². The van der Waals surface area contributed by atoms with Gasteiger partial charge in [0.2, 0.25) is 0 Å². The van der Waals surface area contributed by atoms with E-state index in [-0.39, 0.29) is 18.8 Å². The first-order chi connectivity index (χ1) is 8.02. The normalized spacial score (nSPS) is 28.5. The van der Waals surface area contributed by atoms with Crippen LogP contribution < -0.4 is 11.4 Å². The topological polar surface area (TPSA) is 111 Å². The predicted octanol–water partition coefficient (Wildman–Crippen LogP) is -0.771. The fourth-order valence-electron chi connectivity index (χ4n) is 1.71. The second-order valence-electron chi connectivity index (χ2n) is 3.78. The molecule has 0 unspecified atom stereocenters. The summed E-state index contributed by atoms with van der Waals surface area (Å²) < 4.78 is 7.06. The van der Waals surface area contributed by atoms with Gasteiger partial charge in [0.1, 0.15) is 18.1 Å². The maximum atomic E-state index is 11.6. The number of nitrogen functional groups attached to an aromatic ring is 1. The van der Waals surface area contributed by atoms with E-state index < -0.39 is 24.1 Å². The van der Waals surface area contributed by atoms with E-state index in [1.54, 1.807) is 0 Å². The van der Waals surface area contributed by atoms with Gasteiger partial charge in [0.05, 0.1) is 17.2 Å². The minimum atomic E-state index is -0.798. The minimum Gasteiger partial charge on any atom is -0.394 e. The minimum absolute atomic E-state index is 0.100. The molecule has 2 rings (SSSR count). The molecule has 0 amide bonds. The summed E-state index contributed by atoms with van der Waals surface area (Å²) in [6, 6.07) is 0. The van der Waals surface area contributed by atoms with Crippen molar-refractivity contribution >= 4 is 21.7 Å². The van der Waals surface area contributed by atoms with Crippen LogP contribution in [0, 0.1) is 0 Å². The standard InChI is InChI=1S/C9H12BrN3O4/c10-4-2-13(9(16)12-8(4)11)7-1-5(15)6(3-14)17-7/h2,5-7,14-15H,1,3H2,(H2,11,12,16)/t5-,6-,7-/m0/s1. The van der Waals surface area contributed by atoms with Crippen LogP contribution in [0.1, 0.15) is 12.6 Å². The van der Waals surface area contributed by atoms with Crippen molar-refractivity contribution < 1.29 is 14.9 Å². The summed E-state index contributed by atoms with van der Waals surface area (Å²) in [5.74, 6) is 0.100. The van der Waals surface area contributed by atoms with Gasteiger partial charge in [0.25, 0.3) is 0 Å². The lowest BCUT2D eigenvalue weighted by molar-refractivity contribution is -0.0459. The summed E-state index contributed by atoms with van der Waals surface area (Å²) in [6.07, 6.45) is -0.430. The molecule has 1 saturated heterocycles. The van der Waals surface area contributed by atoms with Crippen LogP contribution in [-0.4, -0.2) is 38.6 Å². The highest BCUT2D eigenvalue weighted by atomic mass is 79.9. The molecular formula is C9H12BrN3O4. The molecule has 4 N–H and O–H groups in total. The fraction of sp³-hybridized carbons (Fsp3) is 0.556. The van der Waals surface area contributed by atoms with Crippen molar-refractivity contribution in [2.45, 2.75) is 24.9 Å². The molecule has 0 bridgehead atoms. The van der Waals surface area contributed by atoms with E-state index in [0.717, 1.165) is 0 Å². The Kier molecular flexibility index (Phi) is 3.48. The number of hydrogen-bond donors (Lipinski definition) is 3. The Bertz CT molecular complexity index is 478. The third-order valence-corrected chi connectivity index (χ3v) is 3.24. The first-order valence-electron chi connectivity index (χ1n) is 5.01. The molecule has 7 nitrogen and oxygen atoms in total. The molecule has 0 radical (unpaired) electrons. The summed E-state index contributed by atoms with van der Waals surface area (Å²) in [5, 5.41) is 18.5. The molecule has 94 valence electrons. The number of halogens is 1. The molecule has 17 heavy (non-hydrogen) atoms. The maximum Gasteiger partial charge on any atom is 0.351 e. The summed E-state index contributed by atoms with van der Waals surface area (Å²) in [7, 11) is 0. The highest BCUT2D eigenvalue weighted by molar-refractivity contribution is 9.10. The highest BCUT2D eigenvalue weighted by Crippen LogP contribution is 2.28. The number of nitrogens with two attached hydrogens (primary N) is 1. The third-order valence-electron chi connectivity index (χ3n) is 2.63. The number of aliphatic hydroxyl groups excluding tert-OH is 2. The van der Waals surface area contributed by atoms with Crippen LogP contribution in [0.4, 0.5) is 5.82 Å². The average Bonchev–Trinajstić information content (AvgIpc) is 2.65. The molecule has 1 aromatic heterocycles. The quantitative estimate of drug-likeness (QED) is 0.662. The molecule has 0 saturated carbocycles. The molecular weight excluding hydrogens is 294 g/mol. The van der Waals surface area contributed by atoms with Crippen molar-refractivity contribution in [1.29, 1.82) is 0 Å². The zero-order valence-corrected chi connectivity index (χ0v) is 10.4. The number of aromatic nitrogens is 2. The molecule has 8 heteroatoms. The van der Waals surface area contributed by atoms with Gasteiger partial charge in [-0.25, -0.2) is 4.79 Å². The lowest BCUT2D eigenvalue weighted by Crippen LogP contribution is -2.28. The van der Waals surface area contributed by atoms with E-state index >= 15 is 0 Å². The van der Waals surface area contributed by atoms with Crippen molar-refractivity contribution in [2.24, 2.45) is 0 Å². The first-order valence-corrected chi connectivity index (χ1v) is 5.80. The number of ether oxygens (including phenoxy) is 1. The monoisotopic (exact) mass is 305 g/mol. The van der Waals surface area contributed by atoms with Crippen molar-refractivity contribution in [3.63, 3.8) is 0 Å². The Morgan fingerprint density at radius 2 is 2.41 bits per heavy atom. The molecule has 1 aromatic rings. The van der Waals surface area contributed by atoms with Crippen LogP contribution in [0.3, 0.4) is 0 Å².